The Bertz CT molecular complexity index is 894. The molecule has 0 fully saturated rings. The number of aryl methyl sites for hydroxylation is 2. The van der Waals surface area contributed by atoms with Gasteiger partial charge in [0.1, 0.15) is 0 Å². The monoisotopic (exact) mass is 368 g/mol. The molecule has 7 nitrogen and oxygen atoms in total. The molecule has 27 heavy (non-hydrogen) atoms. The van der Waals surface area contributed by atoms with Gasteiger partial charge in [-0.1, -0.05) is 30.3 Å². The van der Waals surface area contributed by atoms with Crippen molar-refractivity contribution in [3.8, 4) is 0 Å². The maximum absolute atomic E-state index is 12.2. The van der Waals surface area contributed by atoms with E-state index in [9.17, 15) is 19.7 Å². The molecule has 1 N–H and O–H groups in total. The van der Waals surface area contributed by atoms with Crippen LogP contribution in [-0.2, 0) is 16.0 Å². The number of hydrogen-bond acceptors (Lipinski definition) is 5. The van der Waals surface area contributed by atoms with Gasteiger partial charge in [0.25, 0.3) is 11.6 Å². The highest BCUT2D eigenvalue weighted by Gasteiger charge is 2.22. The van der Waals surface area contributed by atoms with Crippen LogP contribution in [0.1, 0.15) is 45.9 Å². The van der Waals surface area contributed by atoms with Gasteiger partial charge in [0, 0.05) is 11.6 Å². The third-order valence-electron chi connectivity index (χ3n) is 4.68. The molecule has 0 spiro atoms. The summed E-state index contributed by atoms with van der Waals surface area (Å²) in [6.45, 7) is 1.15. The lowest BCUT2D eigenvalue weighted by atomic mass is 9.88. The molecule has 2 aromatic carbocycles. The van der Waals surface area contributed by atoms with Crippen LogP contribution in [0.15, 0.2) is 42.5 Å². The second-order valence-corrected chi connectivity index (χ2v) is 6.55. The summed E-state index contributed by atoms with van der Waals surface area (Å²) in [5.41, 5.74) is 2.65. The molecule has 1 aliphatic carbocycles. The van der Waals surface area contributed by atoms with Gasteiger partial charge < -0.3 is 10.1 Å². The van der Waals surface area contributed by atoms with Crippen molar-refractivity contribution in [3.05, 3.63) is 74.8 Å². The van der Waals surface area contributed by atoms with Gasteiger partial charge in [-0.05, 0) is 43.4 Å². The van der Waals surface area contributed by atoms with E-state index in [1.54, 1.807) is 6.92 Å². The van der Waals surface area contributed by atoms with Crippen LogP contribution < -0.4 is 5.32 Å². The summed E-state index contributed by atoms with van der Waals surface area (Å²) in [5.74, 6) is -1.16. The topological polar surface area (TPSA) is 98.5 Å². The van der Waals surface area contributed by atoms with E-state index in [2.05, 4.69) is 11.4 Å². The van der Waals surface area contributed by atoms with E-state index in [0.29, 0.717) is 5.56 Å². The van der Waals surface area contributed by atoms with Crippen molar-refractivity contribution in [3.63, 3.8) is 0 Å². The van der Waals surface area contributed by atoms with Gasteiger partial charge in [0.05, 0.1) is 16.5 Å². The molecule has 3 rings (SSSR count). The van der Waals surface area contributed by atoms with Crippen LogP contribution in [0.3, 0.4) is 0 Å². The summed E-state index contributed by atoms with van der Waals surface area (Å²) < 4.78 is 5.02. The number of benzene rings is 2. The SMILES string of the molecule is Cc1ccc(C(=O)OCC(=O)N[C@H]2CCCc3ccccc32)cc1[N+](=O)[O-]. The number of esters is 1. The van der Waals surface area contributed by atoms with E-state index in [1.165, 1.54) is 17.7 Å². The Kier molecular flexibility index (Phi) is 5.49. The van der Waals surface area contributed by atoms with Gasteiger partial charge in [-0.2, -0.15) is 0 Å². The number of nitro groups is 1. The molecule has 7 heteroatoms. The zero-order chi connectivity index (χ0) is 19.4. The zero-order valence-corrected chi connectivity index (χ0v) is 14.9. The second-order valence-electron chi connectivity index (χ2n) is 6.55. The number of nitrogens with zero attached hydrogens (tertiary/aromatic N) is 1. The summed E-state index contributed by atoms with van der Waals surface area (Å²) in [7, 11) is 0. The molecule has 0 saturated heterocycles. The molecule has 0 unspecified atom stereocenters. The maximum Gasteiger partial charge on any atom is 0.338 e. The van der Waals surface area contributed by atoms with Crippen molar-refractivity contribution in [1.29, 1.82) is 0 Å². The number of fused-ring (bicyclic) bond motifs is 1. The highest BCUT2D eigenvalue weighted by molar-refractivity contribution is 5.92. The Morgan fingerprint density at radius 2 is 2.04 bits per heavy atom. The number of nitro benzene ring substituents is 1. The first kappa shape index (κ1) is 18.6. The van der Waals surface area contributed by atoms with Crippen LogP contribution in [-0.4, -0.2) is 23.4 Å². The fourth-order valence-electron chi connectivity index (χ4n) is 3.29. The fraction of sp³-hybridized carbons (Fsp3) is 0.300. The number of ether oxygens (including phenoxy) is 1. The van der Waals surface area contributed by atoms with Gasteiger partial charge in [-0.3, -0.25) is 14.9 Å². The first-order valence-electron chi connectivity index (χ1n) is 8.75. The minimum absolute atomic E-state index is 0.0445. The van der Waals surface area contributed by atoms with Crippen LogP contribution in [0.25, 0.3) is 0 Å². The Morgan fingerprint density at radius 3 is 2.81 bits per heavy atom. The standard InChI is InChI=1S/C20H20N2O5/c1-13-9-10-15(11-18(13)22(25)26)20(24)27-12-19(23)21-17-8-4-6-14-5-2-3-7-16(14)17/h2-3,5,7,9-11,17H,4,6,8,12H2,1H3,(H,21,23)/t17-/m0/s1. The fourth-order valence-corrected chi connectivity index (χ4v) is 3.29. The number of hydrogen-bond donors (Lipinski definition) is 1. The van der Waals surface area contributed by atoms with Crippen molar-refractivity contribution in [2.45, 2.75) is 32.2 Å². The Morgan fingerprint density at radius 1 is 1.26 bits per heavy atom. The Labute approximate surface area is 156 Å². The lowest BCUT2D eigenvalue weighted by molar-refractivity contribution is -0.385. The smallest absolute Gasteiger partial charge is 0.338 e. The summed E-state index contributed by atoms with van der Waals surface area (Å²) in [4.78, 5) is 34.7. The highest BCUT2D eigenvalue weighted by Crippen LogP contribution is 2.29. The minimum atomic E-state index is -0.766. The summed E-state index contributed by atoms with van der Waals surface area (Å²) in [6, 6.07) is 12.0. The van der Waals surface area contributed by atoms with Crippen molar-refractivity contribution in [1.82, 2.24) is 5.32 Å². The lowest BCUT2D eigenvalue weighted by Crippen LogP contribution is -2.34. The normalized spacial score (nSPS) is 15.5. The number of carbonyl (C=O) groups excluding carboxylic acids is 2. The van der Waals surface area contributed by atoms with Crippen LogP contribution >= 0.6 is 0 Å². The molecule has 0 heterocycles. The molecule has 0 radical (unpaired) electrons. The van der Waals surface area contributed by atoms with Gasteiger partial charge in [0.2, 0.25) is 0 Å². The average molecular weight is 368 g/mol. The number of amides is 1. The highest BCUT2D eigenvalue weighted by atomic mass is 16.6. The molecule has 0 bridgehead atoms. The molecule has 1 amide bonds. The maximum atomic E-state index is 12.2. The Balaban J connectivity index is 1.59. The van der Waals surface area contributed by atoms with Crippen LogP contribution in [0.5, 0.6) is 0 Å². The van der Waals surface area contributed by atoms with Crippen molar-refractivity contribution >= 4 is 17.6 Å². The van der Waals surface area contributed by atoms with Gasteiger partial charge in [-0.15, -0.1) is 0 Å². The predicted molar refractivity (Wildman–Crippen MR) is 98.4 cm³/mol. The van der Waals surface area contributed by atoms with Crippen LogP contribution in [0.2, 0.25) is 0 Å². The van der Waals surface area contributed by atoms with Gasteiger partial charge in [0.15, 0.2) is 6.61 Å². The zero-order valence-electron chi connectivity index (χ0n) is 14.9. The second kappa shape index (κ2) is 7.99. The molecule has 0 aromatic heterocycles. The number of nitrogens with one attached hydrogen (secondary N) is 1. The minimum Gasteiger partial charge on any atom is -0.452 e. The average Bonchev–Trinajstić information content (AvgIpc) is 2.66. The lowest BCUT2D eigenvalue weighted by Gasteiger charge is -2.26. The van der Waals surface area contributed by atoms with Gasteiger partial charge >= 0.3 is 5.97 Å². The molecule has 1 aliphatic rings. The van der Waals surface area contributed by atoms with E-state index in [0.717, 1.165) is 30.9 Å². The molecule has 2 aromatic rings. The van der Waals surface area contributed by atoms with Crippen LogP contribution in [0.4, 0.5) is 5.69 Å². The number of carbonyl (C=O) groups is 2. The number of rotatable bonds is 5. The van der Waals surface area contributed by atoms with E-state index in [-0.39, 0.29) is 17.3 Å². The first-order valence-corrected chi connectivity index (χ1v) is 8.75. The summed E-state index contributed by atoms with van der Waals surface area (Å²) >= 11 is 0. The van der Waals surface area contributed by atoms with Gasteiger partial charge in [-0.25, -0.2) is 4.79 Å². The van der Waals surface area contributed by atoms with E-state index < -0.39 is 23.4 Å². The van der Waals surface area contributed by atoms with E-state index >= 15 is 0 Å². The molecule has 0 aliphatic heterocycles. The molecule has 1 atom stereocenters. The van der Waals surface area contributed by atoms with Crippen molar-refractivity contribution in [2.24, 2.45) is 0 Å². The first-order chi connectivity index (χ1) is 13.0. The molecule has 140 valence electrons. The van der Waals surface area contributed by atoms with Crippen molar-refractivity contribution < 1.29 is 19.2 Å². The summed E-state index contributed by atoms with van der Waals surface area (Å²) in [5, 5.41) is 13.9. The molecular weight excluding hydrogens is 348 g/mol. The largest absolute Gasteiger partial charge is 0.452 e. The van der Waals surface area contributed by atoms with E-state index in [4.69, 9.17) is 4.74 Å². The van der Waals surface area contributed by atoms with Crippen molar-refractivity contribution in [2.75, 3.05) is 6.61 Å². The third-order valence-corrected chi connectivity index (χ3v) is 4.68. The molecule has 0 saturated carbocycles. The summed E-state index contributed by atoms with van der Waals surface area (Å²) in [6.07, 6.45) is 2.80. The quantitative estimate of drug-likeness (QED) is 0.496. The van der Waals surface area contributed by atoms with E-state index in [1.807, 2.05) is 18.2 Å². The van der Waals surface area contributed by atoms with Crippen LogP contribution in [0, 0.1) is 17.0 Å². The Hall–Kier alpha value is -3.22. The third kappa shape index (κ3) is 4.31. The predicted octanol–water partition coefficient (Wildman–Crippen LogP) is 3.25. The molecular formula is C20H20N2O5.